The molecule has 7 nitrogen and oxygen atoms in total. The molecule has 0 amide bonds. The number of hydrogen-bond acceptors (Lipinski definition) is 6. The number of hydrogen-bond donors (Lipinski definition) is 1. The Labute approximate surface area is 187 Å². The Hall–Kier alpha value is -3.74. The summed E-state index contributed by atoms with van der Waals surface area (Å²) in [6.45, 7) is 4.54. The summed E-state index contributed by atoms with van der Waals surface area (Å²) >= 11 is 0. The molecule has 1 atom stereocenters. The molecule has 0 aliphatic carbocycles. The van der Waals surface area contributed by atoms with Gasteiger partial charge in [-0.25, -0.2) is 14.6 Å². The molecule has 2 aromatic heterocycles. The third-order valence-electron chi connectivity index (χ3n) is 5.49. The number of rotatable bonds is 8. The summed E-state index contributed by atoms with van der Waals surface area (Å²) < 4.78 is 6.90. The van der Waals surface area contributed by atoms with Crippen molar-refractivity contribution < 1.29 is 4.74 Å². The van der Waals surface area contributed by atoms with E-state index in [1.54, 1.807) is 13.3 Å². The van der Waals surface area contributed by atoms with Gasteiger partial charge in [0.2, 0.25) is 0 Å². The Balaban J connectivity index is 1.48. The van der Waals surface area contributed by atoms with Crippen LogP contribution in [0, 0.1) is 6.92 Å². The highest BCUT2D eigenvalue weighted by Crippen LogP contribution is 2.20. The number of fused-ring (bicyclic) bond motifs is 1. The van der Waals surface area contributed by atoms with Crippen molar-refractivity contribution in [2.24, 2.45) is 0 Å². The first-order chi connectivity index (χ1) is 15.6. The zero-order valence-corrected chi connectivity index (χ0v) is 18.6. The molecule has 0 saturated heterocycles. The molecule has 0 radical (unpaired) electrons. The van der Waals surface area contributed by atoms with E-state index in [0.717, 1.165) is 42.0 Å². The molecule has 4 rings (SSSR count). The number of nitrogens with zero attached hydrogens (tertiary/aromatic N) is 4. The highest BCUT2D eigenvalue weighted by atomic mass is 16.5. The summed E-state index contributed by atoms with van der Waals surface area (Å²) in [7, 11) is 1.69. The fraction of sp³-hybridized carbons (Fsp3) is 0.280. The van der Waals surface area contributed by atoms with Gasteiger partial charge < -0.3 is 10.1 Å². The van der Waals surface area contributed by atoms with Crippen molar-refractivity contribution in [2.45, 2.75) is 32.7 Å². The van der Waals surface area contributed by atoms with E-state index >= 15 is 0 Å². The minimum Gasteiger partial charge on any atom is -0.496 e. The maximum atomic E-state index is 12.9. The normalized spacial score (nSPS) is 12.0. The molecular weight excluding hydrogens is 402 g/mol. The van der Waals surface area contributed by atoms with Crippen LogP contribution in [0.3, 0.4) is 0 Å². The molecule has 0 aliphatic heterocycles. The summed E-state index contributed by atoms with van der Waals surface area (Å²) in [6, 6.07) is 17.1. The second-order valence-corrected chi connectivity index (χ2v) is 7.72. The van der Waals surface area contributed by atoms with Crippen molar-refractivity contribution in [1.29, 1.82) is 0 Å². The van der Waals surface area contributed by atoms with Gasteiger partial charge in [0.05, 0.1) is 30.4 Å². The monoisotopic (exact) mass is 429 g/mol. The van der Waals surface area contributed by atoms with Crippen molar-refractivity contribution in [3.8, 4) is 5.75 Å². The van der Waals surface area contributed by atoms with Gasteiger partial charge in [0.15, 0.2) is 0 Å². The first-order valence-corrected chi connectivity index (χ1v) is 10.7. The van der Waals surface area contributed by atoms with Crippen LogP contribution in [0.1, 0.15) is 36.5 Å². The van der Waals surface area contributed by atoms with Gasteiger partial charge in [0, 0.05) is 18.0 Å². The molecule has 2 heterocycles. The van der Waals surface area contributed by atoms with Gasteiger partial charge in [0.1, 0.15) is 17.4 Å². The minimum atomic E-state index is -0.317. The molecule has 0 fully saturated rings. The number of benzene rings is 2. The molecule has 7 heteroatoms. The average molecular weight is 430 g/mol. The van der Waals surface area contributed by atoms with Gasteiger partial charge in [-0.2, -0.15) is 5.10 Å². The lowest BCUT2D eigenvalue weighted by Crippen LogP contribution is -2.27. The van der Waals surface area contributed by atoms with Crippen molar-refractivity contribution in [3.63, 3.8) is 0 Å². The van der Waals surface area contributed by atoms with Crippen molar-refractivity contribution in [3.05, 3.63) is 88.2 Å². The number of aromatic nitrogens is 4. The van der Waals surface area contributed by atoms with Crippen LogP contribution < -0.4 is 15.6 Å². The van der Waals surface area contributed by atoms with Crippen LogP contribution in [0.5, 0.6) is 5.75 Å². The van der Waals surface area contributed by atoms with Crippen LogP contribution in [0.4, 0.5) is 5.82 Å². The largest absolute Gasteiger partial charge is 0.496 e. The quantitative estimate of drug-likeness (QED) is 0.424. The van der Waals surface area contributed by atoms with Crippen LogP contribution in [-0.4, -0.2) is 33.4 Å². The molecule has 0 saturated carbocycles. The minimum absolute atomic E-state index is 0.127. The number of anilines is 1. The van der Waals surface area contributed by atoms with E-state index in [9.17, 15) is 4.79 Å². The molecule has 2 aromatic carbocycles. The van der Waals surface area contributed by atoms with Gasteiger partial charge in [0.25, 0.3) is 5.56 Å². The number of nitrogens with one attached hydrogen (secondary N) is 1. The smallest absolute Gasteiger partial charge is 0.275 e. The second-order valence-electron chi connectivity index (χ2n) is 7.72. The van der Waals surface area contributed by atoms with E-state index in [-0.39, 0.29) is 11.6 Å². The SMILES string of the molecule is COc1ccccc1CCCNc1cc([C@@H](C)n2ncc3ccccc3c2=O)nc(C)n1. The van der Waals surface area contributed by atoms with Crippen LogP contribution >= 0.6 is 0 Å². The highest BCUT2D eigenvalue weighted by Gasteiger charge is 2.16. The zero-order chi connectivity index (χ0) is 22.5. The number of aryl methyl sites for hydroxylation is 2. The summed E-state index contributed by atoms with van der Waals surface area (Å²) in [5.74, 6) is 2.30. The molecule has 0 spiro atoms. The number of methoxy groups -OCH3 is 1. The molecule has 0 aliphatic rings. The summed E-state index contributed by atoms with van der Waals surface area (Å²) in [5, 5.41) is 9.24. The van der Waals surface area contributed by atoms with E-state index in [4.69, 9.17) is 4.74 Å². The first-order valence-electron chi connectivity index (χ1n) is 10.7. The molecule has 32 heavy (non-hydrogen) atoms. The standard InChI is InChI=1S/C25H27N5O2/c1-17(30-25(31)21-12-6-4-10-20(21)16-27-30)22-15-24(29-18(2)28-22)26-14-8-11-19-9-5-7-13-23(19)32-3/h4-7,9-10,12-13,15-17H,8,11,14H2,1-3H3,(H,26,28,29)/t17-/m1/s1. The van der Waals surface area contributed by atoms with Gasteiger partial charge in [-0.1, -0.05) is 36.4 Å². The molecule has 0 unspecified atom stereocenters. The Morgan fingerprint density at radius 3 is 2.72 bits per heavy atom. The van der Waals surface area contributed by atoms with Crippen LogP contribution in [0.25, 0.3) is 10.8 Å². The van der Waals surface area contributed by atoms with E-state index < -0.39 is 0 Å². The summed E-state index contributed by atoms with van der Waals surface area (Å²) in [5.41, 5.74) is 1.81. The average Bonchev–Trinajstić information content (AvgIpc) is 2.82. The Kier molecular flexibility index (Phi) is 6.44. The van der Waals surface area contributed by atoms with E-state index in [2.05, 4.69) is 26.4 Å². The third kappa shape index (κ3) is 4.61. The fourth-order valence-electron chi connectivity index (χ4n) is 3.81. The first kappa shape index (κ1) is 21.5. The lowest BCUT2D eigenvalue weighted by molar-refractivity contribution is 0.409. The van der Waals surface area contributed by atoms with Gasteiger partial charge in [-0.15, -0.1) is 0 Å². The molecule has 1 N–H and O–H groups in total. The van der Waals surface area contributed by atoms with Crippen LogP contribution in [0.2, 0.25) is 0 Å². The fourth-order valence-corrected chi connectivity index (χ4v) is 3.81. The van der Waals surface area contributed by atoms with Crippen LogP contribution in [0.15, 0.2) is 65.6 Å². The maximum absolute atomic E-state index is 12.9. The number of para-hydroxylation sites is 1. The number of ether oxygens (including phenoxy) is 1. The lowest BCUT2D eigenvalue weighted by atomic mass is 10.1. The van der Waals surface area contributed by atoms with E-state index in [1.165, 1.54) is 10.2 Å². The van der Waals surface area contributed by atoms with E-state index in [0.29, 0.717) is 11.2 Å². The maximum Gasteiger partial charge on any atom is 0.275 e. The highest BCUT2D eigenvalue weighted by molar-refractivity contribution is 5.80. The van der Waals surface area contributed by atoms with Gasteiger partial charge >= 0.3 is 0 Å². The van der Waals surface area contributed by atoms with Crippen molar-refractivity contribution >= 4 is 16.6 Å². The second kappa shape index (κ2) is 9.60. The summed E-state index contributed by atoms with van der Waals surface area (Å²) in [6.07, 6.45) is 3.55. The van der Waals surface area contributed by atoms with Crippen molar-refractivity contribution in [1.82, 2.24) is 19.7 Å². The Bertz CT molecular complexity index is 1280. The van der Waals surface area contributed by atoms with Gasteiger partial charge in [-0.05, 0) is 44.4 Å². The van der Waals surface area contributed by atoms with Gasteiger partial charge in [-0.3, -0.25) is 4.79 Å². The van der Waals surface area contributed by atoms with Crippen molar-refractivity contribution in [2.75, 3.05) is 19.0 Å². The topological polar surface area (TPSA) is 81.9 Å². The zero-order valence-electron chi connectivity index (χ0n) is 18.6. The molecule has 164 valence electrons. The van der Waals surface area contributed by atoms with Crippen LogP contribution in [-0.2, 0) is 6.42 Å². The van der Waals surface area contributed by atoms with E-state index in [1.807, 2.05) is 62.4 Å². The molecule has 0 bridgehead atoms. The Morgan fingerprint density at radius 2 is 1.88 bits per heavy atom. The predicted molar refractivity (Wildman–Crippen MR) is 126 cm³/mol. The lowest BCUT2D eigenvalue weighted by Gasteiger charge is -2.16. The third-order valence-corrected chi connectivity index (χ3v) is 5.49. The summed E-state index contributed by atoms with van der Waals surface area (Å²) in [4.78, 5) is 22.0. The predicted octanol–water partition coefficient (Wildman–Crippen LogP) is 4.16. The Morgan fingerprint density at radius 1 is 1.09 bits per heavy atom. The molecular formula is C25H27N5O2. The molecule has 4 aromatic rings.